The number of nitrogens with one attached hydrogen (secondary N) is 1. The highest BCUT2D eigenvalue weighted by Gasteiger charge is 2.11. The van der Waals surface area contributed by atoms with Crippen molar-refractivity contribution in [2.24, 2.45) is 0 Å². The molecule has 0 fully saturated rings. The predicted molar refractivity (Wildman–Crippen MR) is 96.0 cm³/mol. The first-order chi connectivity index (χ1) is 12.0. The Hall–Kier alpha value is -2.73. The van der Waals surface area contributed by atoms with E-state index in [1.54, 1.807) is 25.3 Å². The van der Waals surface area contributed by atoms with Crippen LogP contribution in [0.15, 0.2) is 42.5 Å². The van der Waals surface area contributed by atoms with E-state index in [4.69, 9.17) is 14.2 Å². The summed E-state index contributed by atoms with van der Waals surface area (Å²) in [7, 11) is 3.12. The second-order valence-electron chi connectivity index (χ2n) is 5.50. The molecule has 0 aromatic heterocycles. The normalized spacial score (nSPS) is 11.5. The Morgan fingerprint density at radius 2 is 1.80 bits per heavy atom. The molecule has 2 aromatic rings. The summed E-state index contributed by atoms with van der Waals surface area (Å²) in [4.78, 5) is 11.4. The zero-order chi connectivity index (χ0) is 18.2. The Morgan fingerprint density at radius 3 is 2.40 bits per heavy atom. The van der Waals surface area contributed by atoms with Gasteiger partial charge in [-0.05, 0) is 49.4 Å². The molecule has 25 heavy (non-hydrogen) atoms. The van der Waals surface area contributed by atoms with Gasteiger partial charge in [0.1, 0.15) is 18.5 Å². The molecule has 0 heterocycles. The highest BCUT2D eigenvalue weighted by molar-refractivity contribution is 5.94. The molecule has 134 valence electrons. The smallest absolute Gasteiger partial charge is 0.161 e. The molecule has 2 N–H and O–H groups in total. The number of carbonyl (C=O) groups excluding carboxylic acids is 1. The van der Waals surface area contributed by atoms with Crippen LogP contribution in [0.1, 0.15) is 17.3 Å². The molecule has 1 unspecified atom stereocenters. The fraction of sp³-hybridized carbons (Fsp3) is 0.316. The molecule has 2 rings (SSSR count). The first-order valence-electron chi connectivity index (χ1n) is 7.91. The van der Waals surface area contributed by atoms with Crippen LogP contribution in [0.4, 0.5) is 5.69 Å². The molecule has 0 saturated carbocycles. The van der Waals surface area contributed by atoms with Gasteiger partial charge in [-0.15, -0.1) is 0 Å². The van der Waals surface area contributed by atoms with E-state index in [0.29, 0.717) is 23.6 Å². The van der Waals surface area contributed by atoms with Gasteiger partial charge in [0.25, 0.3) is 0 Å². The van der Waals surface area contributed by atoms with E-state index in [-0.39, 0.29) is 12.4 Å². The third kappa shape index (κ3) is 5.39. The van der Waals surface area contributed by atoms with Gasteiger partial charge < -0.3 is 24.6 Å². The van der Waals surface area contributed by atoms with E-state index in [2.05, 4.69) is 5.32 Å². The minimum atomic E-state index is -0.709. The zero-order valence-electron chi connectivity index (χ0n) is 14.6. The molecule has 0 aliphatic rings. The van der Waals surface area contributed by atoms with Crippen LogP contribution >= 0.6 is 0 Å². The van der Waals surface area contributed by atoms with Crippen LogP contribution in [-0.2, 0) is 0 Å². The van der Waals surface area contributed by atoms with Crippen molar-refractivity contribution >= 4 is 11.5 Å². The summed E-state index contributed by atoms with van der Waals surface area (Å²) in [5.74, 6) is 1.67. The van der Waals surface area contributed by atoms with Crippen molar-refractivity contribution < 1.29 is 24.1 Å². The number of benzene rings is 2. The van der Waals surface area contributed by atoms with Crippen LogP contribution in [-0.4, -0.2) is 44.4 Å². The fourth-order valence-electron chi connectivity index (χ4n) is 2.20. The molecule has 0 radical (unpaired) electrons. The summed E-state index contributed by atoms with van der Waals surface area (Å²) in [6.07, 6.45) is -0.709. The van der Waals surface area contributed by atoms with E-state index in [1.807, 2.05) is 24.3 Å². The SMILES string of the molecule is COc1ccc(NCC(O)COc2ccc(C(C)=O)cc2OC)cc1. The second kappa shape index (κ2) is 8.94. The van der Waals surface area contributed by atoms with E-state index in [1.165, 1.54) is 14.0 Å². The maximum absolute atomic E-state index is 11.4. The number of carbonyl (C=O) groups is 1. The number of ketones is 1. The van der Waals surface area contributed by atoms with Crippen molar-refractivity contribution in [1.82, 2.24) is 0 Å². The number of aliphatic hydroxyl groups excluding tert-OH is 1. The maximum atomic E-state index is 11.4. The van der Waals surface area contributed by atoms with Crippen LogP contribution in [0.2, 0.25) is 0 Å². The highest BCUT2D eigenvalue weighted by Crippen LogP contribution is 2.28. The summed E-state index contributed by atoms with van der Waals surface area (Å²) in [5.41, 5.74) is 1.43. The lowest BCUT2D eigenvalue weighted by atomic mass is 10.1. The molecule has 0 saturated heterocycles. The average Bonchev–Trinajstić information content (AvgIpc) is 2.64. The third-order valence-corrected chi connectivity index (χ3v) is 3.63. The molecule has 1 atom stereocenters. The average molecular weight is 345 g/mol. The molecule has 0 amide bonds. The van der Waals surface area contributed by atoms with Crippen LogP contribution in [0, 0.1) is 0 Å². The predicted octanol–water partition coefficient (Wildman–Crippen LogP) is 2.76. The van der Waals surface area contributed by atoms with Crippen LogP contribution in [0.25, 0.3) is 0 Å². The number of hydrogen-bond acceptors (Lipinski definition) is 6. The largest absolute Gasteiger partial charge is 0.497 e. The topological polar surface area (TPSA) is 77.0 Å². The quantitative estimate of drug-likeness (QED) is 0.681. The molecule has 2 aromatic carbocycles. The van der Waals surface area contributed by atoms with Gasteiger partial charge in [0, 0.05) is 17.8 Å². The Morgan fingerprint density at radius 1 is 1.08 bits per heavy atom. The van der Waals surface area contributed by atoms with E-state index in [0.717, 1.165) is 11.4 Å². The molecule has 0 spiro atoms. The number of rotatable bonds is 9. The number of ether oxygens (including phenoxy) is 3. The second-order valence-corrected chi connectivity index (χ2v) is 5.50. The summed E-state index contributed by atoms with van der Waals surface area (Å²) in [6, 6.07) is 12.4. The molecule has 6 heteroatoms. The van der Waals surface area contributed by atoms with Gasteiger partial charge in [0.15, 0.2) is 17.3 Å². The number of Topliss-reactive ketones (excluding diaryl/α,β-unsaturated/α-hetero) is 1. The Balaban J connectivity index is 1.86. The van der Waals surface area contributed by atoms with E-state index in [9.17, 15) is 9.90 Å². The van der Waals surface area contributed by atoms with Crippen molar-refractivity contribution in [3.63, 3.8) is 0 Å². The summed E-state index contributed by atoms with van der Waals surface area (Å²) in [5, 5.41) is 13.2. The Kier molecular flexibility index (Phi) is 6.65. The van der Waals surface area contributed by atoms with Gasteiger partial charge in [-0.25, -0.2) is 0 Å². The minimum absolute atomic E-state index is 0.0476. The summed E-state index contributed by atoms with van der Waals surface area (Å²) >= 11 is 0. The molecule has 0 aliphatic heterocycles. The number of anilines is 1. The molecule has 0 aliphatic carbocycles. The van der Waals surface area contributed by atoms with Crippen molar-refractivity contribution in [3.8, 4) is 17.2 Å². The Bertz CT molecular complexity index is 699. The number of hydrogen-bond donors (Lipinski definition) is 2. The van der Waals surface area contributed by atoms with Crippen molar-refractivity contribution in [3.05, 3.63) is 48.0 Å². The standard InChI is InChI=1S/C19H23NO5/c1-13(21)14-4-9-18(19(10-14)24-3)25-12-16(22)11-20-15-5-7-17(23-2)8-6-15/h4-10,16,20,22H,11-12H2,1-3H3. The van der Waals surface area contributed by atoms with Gasteiger partial charge in [-0.3, -0.25) is 4.79 Å². The lowest BCUT2D eigenvalue weighted by Gasteiger charge is -2.16. The first-order valence-corrected chi connectivity index (χ1v) is 7.91. The monoisotopic (exact) mass is 345 g/mol. The number of aliphatic hydroxyl groups is 1. The lowest BCUT2D eigenvalue weighted by molar-refractivity contribution is 0.101. The van der Waals surface area contributed by atoms with E-state index >= 15 is 0 Å². The molecule has 6 nitrogen and oxygen atoms in total. The lowest BCUT2D eigenvalue weighted by Crippen LogP contribution is -2.26. The fourth-order valence-corrected chi connectivity index (χ4v) is 2.20. The minimum Gasteiger partial charge on any atom is -0.497 e. The zero-order valence-corrected chi connectivity index (χ0v) is 14.6. The highest BCUT2D eigenvalue weighted by atomic mass is 16.5. The maximum Gasteiger partial charge on any atom is 0.161 e. The van der Waals surface area contributed by atoms with Crippen LogP contribution < -0.4 is 19.5 Å². The molecular weight excluding hydrogens is 322 g/mol. The van der Waals surface area contributed by atoms with E-state index < -0.39 is 6.10 Å². The third-order valence-electron chi connectivity index (χ3n) is 3.63. The molecular formula is C19H23NO5. The van der Waals surface area contributed by atoms with Crippen molar-refractivity contribution in [1.29, 1.82) is 0 Å². The summed E-state index contributed by atoms with van der Waals surface area (Å²) in [6.45, 7) is 1.92. The van der Waals surface area contributed by atoms with Gasteiger partial charge >= 0.3 is 0 Å². The van der Waals surface area contributed by atoms with Gasteiger partial charge in [-0.1, -0.05) is 0 Å². The Labute approximate surface area is 147 Å². The number of methoxy groups -OCH3 is 2. The first kappa shape index (κ1) is 18.6. The van der Waals surface area contributed by atoms with Crippen molar-refractivity contribution in [2.45, 2.75) is 13.0 Å². The molecule has 0 bridgehead atoms. The summed E-state index contributed by atoms with van der Waals surface area (Å²) < 4.78 is 15.9. The van der Waals surface area contributed by atoms with Crippen molar-refractivity contribution in [2.75, 3.05) is 32.7 Å². The van der Waals surface area contributed by atoms with Crippen LogP contribution in [0.5, 0.6) is 17.2 Å². The van der Waals surface area contributed by atoms with Crippen LogP contribution in [0.3, 0.4) is 0 Å². The van der Waals surface area contributed by atoms with Gasteiger partial charge in [0.05, 0.1) is 14.2 Å². The van der Waals surface area contributed by atoms with Gasteiger partial charge in [0.2, 0.25) is 0 Å². The van der Waals surface area contributed by atoms with Gasteiger partial charge in [-0.2, -0.15) is 0 Å².